The number of benzene rings is 3. The number of nitrogens with zero attached hydrogens (tertiary/aromatic N) is 3. The Morgan fingerprint density at radius 2 is 0.598 bits per heavy atom. The third kappa shape index (κ3) is 19.1. The number of alkyl halides is 11. The lowest BCUT2D eigenvalue weighted by atomic mass is 9.68. The molecule has 0 bridgehead atoms. The third-order valence-electron chi connectivity index (χ3n) is 26.6. The summed E-state index contributed by atoms with van der Waals surface area (Å²) in [5.74, 6) is 1.31. The van der Waals surface area contributed by atoms with E-state index < -0.39 is 59.8 Å². The first-order valence-corrected chi connectivity index (χ1v) is 41.6. The highest BCUT2D eigenvalue weighted by molar-refractivity contribution is 5.55. The SMILES string of the molecule is C.C.CC1(C)Cc2nc(C3CCCC3)c([C@@H](F)c3ccc(C(F)(F)F)cc3)c(C3CCCCC3)c2[C@@H](O)C1.CO[C@H]1CC(C)(C)Cc2nc(C3CCCC3)c([C@@H](F)c3ccc(C(F)(F)F)cc3)c(C3CCCCC3)c21.CO[C@H]1CC(C)(C)Cc2nc(C3CCCC3)c([C@@H](O)c3ccc(C(F)(F)F)cc3)c(C3CCCCC3)c21. The average molecular weight is 1570 g/mol. The molecule has 3 heterocycles. The summed E-state index contributed by atoms with van der Waals surface area (Å²) in [7, 11) is 3.49. The van der Waals surface area contributed by atoms with Crippen LogP contribution in [0.15, 0.2) is 72.8 Å². The van der Waals surface area contributed by atoms with Gasteiger partial charge in [-0.15, -0.1) is 0 Å². The molecule has 2 N–H and O–H groups in total. The van der Waals surface area contributed by atoms with Gasteiger partial charge in [-0.1, -0.05) is 189 Å². The van der Waals surface area contributed by atoms with Gasteiger partial charge in [0.2, 0.25) is 0 Å². The lowest BCUT2D eigenvalue weighted by molar-refractivity contribution is -0.138. The zero-order chi connectivity index (χ0) is 78.4. The Morgan fingerprint density at radius 3 is 0.902 bits per heavy atom. The third-order valence-corrected chi connectivity index (χ3v) is 26.6. The zero-order valence-corrected chi connectivity index (χ0v) is 65.9. The molecule has 0 saturated heterocycles. The molecule has 3 aromatic heterocycles. The summed E-state index contributed by atoms with van der Waals surface area (Å²) in [5, 5.41) is 23.3. The Labute approximate surface area is 659 Å². The van der Waals surface area contributed by atoms with Crippen molar-refractivity contribution < 1.29 is 68.0 Å². The standard InChI is InChI=1S/C31H39F4NO.C31H40F3NO2.C30H37F4NO.2CH4/c1-30(2)17-23-26(24(18-30)37-3)25(19-9-5-4-6-10-19)27(29(36-23)21-11-7-8-12-21)28(32)20-13-15-22(16-14-20)31(33,34)35;1-30(2)17-23-26(24(18-30)37-3)25(19-9-5-4-6-10-19)27(28(35-23)20-11-7-8-12-20)29(36)21-13-15-22(16-14-21)31(32,33)34;1-29(2)16-22-25(23(36)17-29)24(18-8-4-3-5-9-18)26(28(35-22)20-10-6-7-11-20)27(31)19-12-14-21(15-13-19)30(32,33)34;;/h13-16,19,21,24,28H,4-12,17-18H2,1-3H3;13-16,19-20,24,29,36H,4-12,17-18H2,1-3H3;12-15,18,20,23,27,36H,3-11,16-17H2,1-2H3;2*1H4/t24-,28-;24-,29-;23-,27-;;/m000../s1. The van der Waals surface area contributed by atoms with E-state index in [1.165, 1.54) is 54.8 Å². The number of aliphatic hydroxyl groups excluding tert-OH is 2. The highest BCUT2D eigenvalue weighted by Crippen LogP contribution is 2.57. The van der Waals surface area contributed by atoms with E-state index in [0.717, 1.165) is 297 Å². The highest BCUT2D eigenvalue weighted by Gasteiger charge is 2.47. The van der Waals surface area contributed by atoms with Crippen molar-refractivity contribution in [2.45, 2.75) is 359 Å². The predicted octanol–water partition coefficient (Wildman–Crippen LogP) is 28.2. The molecule has 6 aromatic rings. The van der Waals surface area contributed by atoms with Gasteiger partial charge in [-0.05, 0) is 219 Å². The Balaban J connectivity index is 0.000000165. The molecule has 0 spiro atoms. The molecule has 3 aromatic carbocycles. The molecule has 616 valence electrons. The second-order valence-electron chi connectivity index (χ2n) is 36.6. The molecular formula is C94H124F11N3O4. The highest BCUT2D eigenvalue weighted by atomic mass is 19.4. The van der Waals surface area contributed by atoms with Gasteiger partial charge in [0.05, 0.1) is 52.1 Å². The van der Waals surface area contributed by atoms with E-state index in [9.17, 15) is 49.7 Å². The normalized spacial score (nSPS) is 23.4. The quantitative estimate of drug-likeness (QED) is 0.105. The summed E-state index contributed by atoms with van der Waals surface area (Å²) in [6.45, 7) is 13.3. The number of aromatic nitrogens is 3. The first-order chi connectivity index (χ1) is 52.2. The minimum Gasteiger partial charge on any atom is -0.388 e. The van der Waals surface area contributed by atoms with Gasteiger partial charge in [-0.2, -0.15) is 39.5 Å². The molecule has 0 aliphatic heterocycles. The first-order valence-electron chi connectivity index (χ1n) is 41.6. The lowest BCUT2D eigenvalue weighted by Crippen LogP contribution is -2.31. The van der Waals surface area contributed by atoms with Crippen LogP contribution in [-0.2, 0) is 47.3 Å². The van der Waals surface area contributed by atoms with Crippen LogP contribution in [-0.4, -0.2) is 39.4 Å². The molecule has 9 aliphatic carbocycles. The van der Waals surface area contributed by atoms with Crippen LogP contribution < -0.4 is 0 Å². The number of hydrogen-bond donors (Lipinski definition) is 2. The van der Waals surface area contributed by atoms with Gasteiger partial charge in [0, 0.05) is 82.4 Å². The maximum atomic E-state index is 16.8. The van der Waals surface area contributed by atoms with Crippen molar-refractivity contribution in [3.63, 3.8) is 0 Å². The monoisotopic (exact) mass is 1570 g/mol. The fraction of sp³-hybridized carbons (Fsp3) is 0.649. The number of rotatable bonds is 14. The molecule has 6 saturated carbocycles. The van der Waals surface area contributed by atoms with Crippen LogP contribution in [0.1, 0.15) is 439 Å². The maximum absolute atomic E-state index is 16.8. The molecular weight excluding hydrogens is 1440 g/mol. The molecule has 112 heavy (non-hydrogen) atoms. The number of methoxy groups -OCH3 is 2. The van der Waals surface area contributed by atoms with Gasteiger partial charge >= 0.3 is 18.5 Å². The smallest absolute Gasteiger partial charge is 0.388 e. The van der Waals surface area contributed by atoms with E-state index >= 15 is 8.78 Å². The van der Waals surface area contributed by atoms with Gasteiger partial charge in [0.25, 0.3) is 0 Å². The van der Waals surface area contributed by atoms with Crippen molar-refractivity contribution in [1.82, 2.24) is 15.0 Å². The van der Waals surface area contributed by atoms with Gasteiger partial charge in [-0.3, -0.25) is 15.0 Å². The second-order valence-corrected chi connectivity index (χ2v) is 36.6. The topological polar surface area (TPSA) is 97.6 Å². The number of hydrogen-bond acceptors (Lipinski definition) is 7. The Kier molecular flexibility index (Phi) is 27.6. The predicted molar refractivity (Wildman–Crippen MR) is 422 cm³/mol. The van der Waals surface area contributed by atoms with Crippen molar-refractivity contribution in [3.8, 4) is 0 Å². The summed E-state index contributed by atoms with van der Waals surface area (Å²) in [6, 6.07) is 14.2. The molecule has 0 radical (unpaired) electrons. The van der Waals surface area contributed by atoms with Crippen LogP contribution in [0.5, 0.6) is 0 Å². The number of fused-ring (bicyclic) bond motifs is 3. The van der Waals surface area contributed by atoms with Crippen molar-refractivity contribution in [3.05, 3.63) is 190 Å². The summed E-state index contributed by atoms with van der Waals surface area (Å²) >= 11 is 0. The second kappa shape index (κ2) is 35.6. The maximum Gasteiger partial charge on any atom is 0.416 e. The van der Waals surface area contributed by atoms with E-state index in [2.05, 4.69) is 41.5 Å². The summed E-state index contributed by atoms with van der Waals surface area (Å²) in [5.41, 5.74) is 12.7. The largest absolute Gasteiger partial charge is 0.416 e. The lowest BCUT2D eigenvalue weighted by Gasteiger charge is -2.41. The van der Waals surface area contributed by atoms with Crippen LogP contribution in [0.2, 0.25) is 0 Å². The van der Waals surface area contributed by atoms with E-state index in [0.29, 0.717) is 29.0 Å². The fourth-order valence-corrected chi connectivity index (χ4v) is 21.3. The van der Waals surface area contributed by atoms with Crippen LogP contribution in [0.25, 0.3) is 0 Å². The molecule has 6 atom stereocenters. The van der Waals surface area contributed by atoms with Crippen molar-refractivity contribution in [1.29, 1.82) is 0 Å². The molecule has 18 heteroatoms. The Bertz CT molecular complexity index is 3930. The van der Waals surface area contributed by atoms with Crippen LogP contribution in [0.3, 0.4) is 0 Å². The Morgan fingerprint density at radius 1 is 0.348 bits per heavy atom. The minimum absolute atomic E-state index is 0. The average Bonchev–Trinajstić information content (AvgIpc) is 0.918. The van der Waals surface area contributed by atoms with Gasteiger partial charge in [0.15, 0.2) is 12.3 Å². The number of pyridine rings is 3. The number of ether oxygens (including phenoxy) is 2. The van der Waals surface area contributed by atoms with Crippen LogP contribution in [0, 0.1) is 16.2 Å². The van der Waals surface area contributed by atoms with Gasteiger partial charge in [-0.25, -0.2) is 8.78 Å². The molecule has 0 unspecified atom stereocenters. The number of aliphatic hydroxyl groups is 2. The molecule has 9 aliphatic rings. The summed E-state index contributed by atoms with van der Waals surface area (Å²) in [6.07, 6.45) is 15.3. The van der Waals surface area contributed by atoms with Crippen LogP contribution in [0.4, 0.5) is 48.3 Å². The van der Waals surface area contributed by atoms with E-state index in [4.69, 9.17) is 24.4 Å². The summed E-state index contributed by atoms with van der Waals surface area (Å²) in [4.78, 5) is 15.7. The molecule has 7 nitrogen and oxygen atoms in total. The van der Waals surface area contributed by atoms with E-state index in [1.807, 2.05) is 0 Å². The minimum atomic E-state index is -4.46. The van der Waals surface area contributed by atoms with Crippen molar-refractivity contribution in [2.75, 3.05) is 14.2 Å². The Hall–Kier alpha value is -5.82. The molecule has 15 rings (SSSR count). The molecule has 0 amide bonds. The number of halogens is 11. The van der Waals surface area contributed by atoms with Gasteiger partial charge < -0.3 is 19.7 Å². The summed E-state index contributed by atoms with van der Waals surface area (Å²) < 4.78 is 165. The van der Waals surface area contributed by atoms with E-state index in [-0.39, 0.29) is 84.0 Å². The van der Waals surface area contributed by atoms with Gasteiger partial charge in [0.1, 0.15) is 6.10 Å². The van der Waals surface area contributed by atoms with Crippen molar-refractivity contribution in [2.24, 2.45) is 16.2 Å². The van der Waals surface area contributed by atoms with Crippen molar-refractivity contribution >= 4 is 0 Å². The zero-order valence-electron chi connectivity index (χ0n) is 65.9. The molecule has 6 fully saturated rings. The first kappa shape index (κ1) is 87.0. The van der Waals surface area contributed by atoms with E-state index in [1.54, 1.807) is 14.2 Å². The van der Waals surface area contributed by atoms with Crippen LogP contribution >= 0.6 is 0 Å². The fourth-order valence-electron chi connectivity index (χ4n) is 21.3.